The van der Waals surface area contributed by atoms with E-state index in [0.717, 1.165) is 5.82 Å². The van der Waals surface area contributed by atoms with Gasteiger partial charge in [-0.3, -0.25) is 4.57 Å². The van der Waals surface area contributed by atoms with Crippen molar-refractivity contribution >= 4 is 43.4 Å². The van der Waals surface area contributed by atoms with Crippen molar-refractivity contribution in [1.82, 2.24) is 9.55 Å². The minimum atomic E-state index is 0.948. The summed E-state index contributed by atoms with van der Waals surface area (Å²) in [6.07, 6.45) is 1.86. The first-order chi connectivity index (χ1) is 13.4. The van der Waals surface area contributed by atoms with Crippen LogP contribution in [0.1, 0.15) is 0 Å². The highest BCUT2D eigenvalue weighted by molar-refractivity contribution is 6.32. The number of hydrogen-bond donors (Lipinski definition) is 0. The van der Waals surface area contributed by atoms with Crippen LogP contribution in [0.4, 0.5) is 0 Å². The number of pyridine rings is 1. The minimum Gasteiger partial charge on any atom is -0.293 e. The first-order valence-electron chi connectivity index (χ1n) is 9.17. The molecule has 6 aromatic rings. The number of rotatable bonds is 1. The van der Waals surface area contributed by atoms with Crippen LogP contribution >= 0.6 is 0 Å². The summed E-state index contributed by atoms with van der Waals surface area (Å²) >= 11 is 0. The lowest BCUT2D eigenvalue weighted by Crippen LogP contribution is -1.97. The molecule has 0 unspecified atom stereocenters. The molecule has 0 bridgehead atoms. The van der Waals surface area contributed by atoms with Crippen LogP contribution in [0.2, 0.25) is 0 Å². The molecule has 0 fully saturated rings. The zero-order valence-electron chi connectivity index (χ0n) is 14.6. The second kappa shape index (κ2) is 5.42. The summed E-state index contributed by atoms with van der Waals surface area (Å²) in [6, 6.07) is 32.1. The van der Waals surface area contributed by atoms with Crippen LogP contribution in [0.25, 0.3) is 49.2 Å². The zero-order valence-corrected chi connectivity index (χ0v) is 14.6. The quantitative estimate of drug-likeness (QED) is 0.312. The van der Waals surface area contributed by atoms with Gasteiger partial charge >= 0.3 is 0 Å². The van der Waals surface area contributed by atoms with Crippen molar-refractivity contribution in [3.8, 4) is 5.82 Å². The fraction of sp³-hybridized carbons (Fsp3) is 0. The fourth-order valence-electron chi connectivity index (χ4n) is 4.35. The molecule has 0 radical (unpaired) electrons. The molecule has 27 heavy (non-hydrogen) atoms. The normalized spacial score (nSPS) is 11.7. The van der Waals surface area contributed by atoms with Gasteiger partial charge in [-0.15, -0.1) is 0 Å². The number of aromatic nitrogens is 2. The number of fused-ring (bicyclic) bond motifs is 8. The van der Waals surface area contributed by atoms with Gasteiger partial charge < -0.3 is 0 Å². The Labute approximate surface area is 156 Å². The van der Waals surface area contributed by atoms with E-state index in [9.17, 15) is 0 Å². The number of hydrogen-bond acceptors (Lipinski definition) is 1. The Morgan fingerprint density at radius 3 is 1.85 bits per heavy atom. The Morgan fingerprint density at radius 2 is 1.11 bits per heavy atom. The van der Waals surface area contributed by atoms with Crippen molar-refractivity contribution in [1.29, 1.82) is 0 Å². The van der Waals surface area contributed by atoms with Crippen molar-refractivity contribution in [2.24, 2.45) is 0 Å². The molecule has 0 aliphatic heterocycles. The first-order valence-corrected chi connectivity index (χ1v) is 9.17. The summed E-state index contributed by atoms with van der Waals surface area (Å²) < 4.78 is 2.30. The molecule has 0 aliphatic carbocycles. The third-order valence-electron chi connectivity index (χ3n) is 5.42. The molecule has 0 N–H and O–H groups in total. The van der Waals surface area contributed by atoms with E-state index in [-0.39, 0.29) is 0 Å². The average Bonchev–Trinajstić information content (AvgIpc) is 3.10. The van der Waals surface area contributed by atoms with Gasteiger partial charge in [0, 0.05) is 22.4 Å². The molecule has 2 heterocycles. The Hall–Kier alpha value is -3.65. The van der Waals surface area contributed by atoms with Gasteiger partial charge in [0.15, 0.2) is 0 Å². The van der Waals surface area contributed by atoms with Crippen LogP contribution in [0, 0.1) is 0 Å². The topological polar surface area (TPSA) is 17.8 Å². The average molecular weight is 344 g/mol. The van der Waals surface area contributed by atoms with E-state index in [1.807, 2.05) is 18.3 Å². The molecule has 2 aromatic heterocycles. The smallest absolute Gasteiger partial charge is 0.137 e. The summed E-state index contributed by atoms with van der Waals surface area (Å²) in [4.78, 5) is 4.67. The van der Waals surface area contributed by atoms with E-state index < -0.39 is 0 Å². The third-order valence-corrected chi connectivity index (χ3v) is 5.42. The Kier molecular flexibility index (Phi) is 2.91. The highest BCUT2D eigenvalue weighted by Crippen LogP contribution is 2.41. The highest BCUT2D eigenvalue weighted by atomic mass is 15.1. The molecule has 0 atom stereocenters. The second-order valence-electron chi connectivity index (χ2n) is 6.86. The lowest BCUT2D eigenvalue weighted by molar-refractivity contribution is 1.08. The summed E-state index contributed by atoms with van der Waals surface area (Å²) in [5, 5.41) is 7.68. The summed E-state index contributed by atoms with van der Waals surface area (Å²) in [7, 11) is 0. The van der Waals surface area contributed by atoms with Gasteiger partial charge in [0.1, 0.15) is 5.82 Å². The lowest BCUT2D eigenvalue weighted by atomic mass is 9.97. The fourth-order valence-corrected chi connectivity index (χ4v) is 4.35. The van der Waals surface area contributed by atoms with Crippen LogP contribution in [0.5, 0.6) is 0 Å². The molecule has 4 aromatic carbocycles. The van der Waals surface area contributed by atoms with Crippen LogP contribution in [-0.4, -0.2) is 9.55 Å². The molecular formula is C25H16N2. The molecule has 2 heteroatoms. The Balaban J connectivity index is 2.02. The summed E-state index contributed by atoms with van der Waals surface area (Å²) in [6.45, 7) is 0. The van der Waals surface area contributed by atoms with Crippen LogP contribution in [0.3, 0.4) is 0 Å². The largest absolute Gasteiger partial charge is 0.293 e. The molecule has 0 saturated heterocycles. The molecule has 0 spiro atoms. The summed E-state index contributed by atoms with van der Waals surface area (Å²) in [5.74, 6) is 0.948. The van der Waals surface area contributed by atoms with E-state index in [2.05, 4.69) is 88.4 Å². The van der Waals surface area contributed by atoms with E-state index in [1.165, 1.54) is 43.4 Å². The number of nitrogens with zero attached hydrogens (tertiary/aromatic N) is 2. The summed E-state index contributed by atoms with van der Waals surface area (Å²) in [5.41, 5.74) is 2.41. The molecule has 126 valence electrons. The van der Waals surface area contributed by atoms with Crippen molar-refractivity contribution in [2.45, 2.75) is 0 Å². The van der Waals surface area contributed by atoms with Gasteiger partial charge in [-0.2, -0.15) is 0 Å². The van der Waals surface area contributed by atoms with E-state index >= 15 is 0 Å². The van der Waals surface area contributed by atoms with E-state index in [1.54, 1.807) is 0 Å². The predicted molar refractivity (Wildman–Crippen MR) is 114 cm³/mol. The maximum absolute atomic E-state index is 4.67. The second-order valence-corrected chi connectivity index (χ2v) is 6.86. The zero-order chi connectivity index (χ0) is 17.8. The van der Waals surface area contributed by atoms with Gasteiger partial charge in [-0.1, -0.05) is 72.8 Å². The van der Waals surface area contributed by atoms with E-state index in [0.29, 0.717) is 0 Å². The van der Waals surface area contributed by atoms with Gasteiger partial charge in [-0.25, -0.2) is 4.98 Å². The molecule has 2 nitrogen and oxygen atoms in total. The van der Waals surface area contributed by atoms with Gasteiger partial charge in [-0.05, 0) is 34.4 Å². The number of para-hydroxylation sites is 1. The monoisotopic (exact) mass is 344 g/mol. The number of benzene rings is 4. The molecule has 0 saturated carbocycles. The van der Waals surface area contributed by atoms with Gasteiger partial charge in [0.25, 0.3) is 0 Å². The van der Waals surface area contributed by atoms with Gasteiger partial charge in [0.05, 0.1) is 11.0 Å². The molecule has 0 amide bonds. The van der Waals surface area contributed by atoms with Gasteiger partial charge in [0.2, 0.25) is 0 Å². The SMILES string of the molecule is c1ccc(-n2c3ccccc3c3c4ccccc4c4ccccc4c32)nc1. The Bertz CT molecular complexity index is 1460. The third kappa shape index (κ3) is 1.92. The van der Waals surface area contributed by atoms with Crippen LogP contribution in [-0.2, 0) is 0 Å². The van der Waals surface area contributed by atoms with Crippen molar-refractivity contribution in [3.05, 3.63) is 97.2 Å². The molecule has 0 aliphatic rings. The van der Waals surface area contributed by atoms with Crippen LogP contribution in [0.15, 0.2) is 97.2 Å². The van der Waals surface area contributed by atoms with Crippen molar-refractivity contribution in [3.63, 3.8) is 0 Å². The van der Waals surface area contributed by atoms with Crippen molar-refractivity contribution in [2.75, 3.05) is 0 Å². The maximum atomic E-state index is 4.67. The Morgan fingerprint density at radius 1 is 0.519 bits per heavy atom. The molecular weight excluding hydrogens is 328 g/mol. The first kappa shape index (κ1) is 14.5. The standard InChI is InChI=1S/C25H16N2/c1-3-11-19-17(9-1)18-10-2-4-12-20(18)25-24(19)21-13-5-6-14-22(21)27(25)23-15-7-8-16-26-23/h1-16H. The lowest BCUT2D eigenvalue weighted by Gasteiger charge is -2.11. The predicted octanol–water partition coefficient (Wildman–Crippen LogP) is 6.49. The highest BCUT2D eigenvalue weighted by Gasteiger charge is 2.18. The minimum absolute atomic E-state index is 0.948. The molecule has 6 rings (SSSR count). The maximum Gasteiger partial charge on any atom is 0.137 e. The van der Waals surface area contributed by atoms with E-state index in [4.69, 9.17) is 0 Å². The van der Waals surface area contributed by atoms with Crippen molar-refractivity contribution < 1.29 is 0 Å². The van der Waals surface area contributed by atoms with Crippen LogP contribution < -0.4 is 0 Å².